The van der Waals surface area contributed by atoms with Crippen LogP contribution in [-0.2, 0) is 21.2 Å². The van der Waals surface area contributed by atoms with E-state index in [1.165, 1.54) is 12.4 Å². The Morgan fingerprint density at radius 3 is 2.21 bits per heavy atom. The molecule has 0 fully saturated rings. The van der Waals surface area contributed by atoms with Crippen molar-refractivity contribution in [3.8, 4) is 0 Å². The Labute approximate surface area is 141 Å². The Morgan fingerprint density at radius 2 is 1.71 bits per heavy atom. The van der Waals surface area contributed by atoms with E-state index in [0.717, 1.165) is 5.56 Å². The molecular weight excluding hydrogens is 328 g/mol. The number of aromatic nitrogens is 1. The second-order valence-electron chi connectivity index (χ2n) is 5.80. The van der Waals surface area contributed by atoms with Crippen molar-refractivity contribution in [2.75, 3.05) is 0 Å². The molecule has 1 atom stereocenters. The number of sulfonamides is 1. The van der Waals surface area contributed by atoms with Gasteiger partial charge in [-0.05, 0) is 56.0 Å². The molecule has 6 nitrogen and oxygen atoms in total. The number of rotatable bonds is 6. The fourth-order valence-electron chi connectivity index (χ4n) is 2.77. The SMILES string of the molecule is Cc1cc(C)c(S(=O)(=O)NC(Cc2ccncc2)C(=O)O)c(C)c1. The van der Waals surface area contributed by atoms with Crippen LogP contribution in [-0.4, -0.2) is 30.5 Å². The number of aliphatic carboxylic acids is 1. The first-order valence-corrected chi connectivity index (χ1v) is 8.91. The maximum Gasteiger partial charge on any atom is 0.322 e. The van der Waals surface area contributed by atoms with E-state index in [2.05, 4.69) is 9.71 Å². The van der Waals surface area contributed by atoms with Crippen LogP contribution in [0.25, 0.3) is 0 Å². The molecule has 0 radical (unpaired) electrons. The molecule has 7 heteroatoms. The number of hydrogen-bond acceptors (Lipinski definition) is 4. The van der Waals surface area contributed by atoms with Gasteiger partial charge < -0.3 is 5.11 Å². The van der Waals surface area contributed by atoms with Crippen molar-refractivity contribution in [1.82, 2.24) is 9.71 Å². The summed E-state index contributed by atoms with van der Waals surface area (Å²) in [4.78, 5) is 15.5. The zero-order valence-corrected chi connectivity index (χ0v) is 14.6. The number of carboxylic acid groups (broad SMARTS) is 1. The van der Waals surface area contributed by atoms with Gasteiger partial charge in [0, 0.05) is 12.4 Å². The first kappa shape index (κ1) is 18.1. The molecule has 0 bridgehead atoms. The smallest absolute Gasteiger partial charge is 0.322 e. The number of aryl methyl sites for hydroxylation is 3. The number of pyridine rings is 1. The van der Waals surface area contributed by atoms with E-state index in [9.17, 15) is 18.3 Å². The number of carbonyl (C=O) groups is 1. The highest BCUT2D eigenvalue weighted by molar-refractivity contribution is 7.89. The van der Waals surface area contributed by atoms with Gasteiger partial charge in [0.2, 0.25) is 10.0 Å². The topological polar surface area (TPSA) is 96.4 Å². The van der Waals surface area contributed by atoms with Crippen LogP contribution < -0.4 is 4.72 Å². The fraction of sp³-hybridized carbons (Fsp3) is 0.294. The van der Waals surface area contributed by atoms with E-state index >= 15 is 0 Å². The van der Waals surface area contributed by atoms with E-state index < -0.39 is 22.0 Å². The third-order valence-corrected chi connectivity index (χ3v) is 5.43. The summed E-state index contributed by atoms with van der Waals surface area (Å²) >= 11 is 0. The maximum atomic E-state index is 12.7. The minimum Gasteiger partial charge on any atom is -0.480 e. The summed E-state index contributed by atoms with van der Waals surface area (Å²) < 4.78 is 27.7. The molecule has 2 aromatic rings. The van der Waals surface area contributed by atoms with Crippen molar-refractivity contribution in [2.24, 2.45) is 0 Å². The number of nitrogens with one attached hydrogen (secondary N) is 1. The Morgan fingerprint density at radius 1 is 1.17 bits per heavy atom. The molecule has 2 rings (SSSR count). The van der Waals surface area contributed by atoms with Crippen LogP contribution in [0.5, 0.6) is 0 Å². The summed E-state index contributed by atoms with van der Waals surface area (Å²) in [5, 5.41) is 9.38. The van der Waals surface area contributed by atoms with Crippen LogP contribution in [0.4, 0.5) is 0 Å². The molecule has 0 aliphatic heterocycles. The maximum absolute atomic E-state index is 12.7. The summed E-state index contributed by atoms with van der Waals surface area (Å²) in [6.45, 7) is 5.29. The average Bonchev–Trinajstić information content (AvgIpc) is 2.45. The fourth-order valence-corrected chi connectivity index (χ4v) is 4.41. The van der Waals surface area contributed by atoms with Crippen molar-refractivity contribution < 1.29 is 18.3 Å². The van der Waals surface area contributed by atoms with Crippen molar-refractivity contribution in [1.29, 1.82) is 0 Å². The monoisotopic (exact) mass is 348 g/mol. The van der Waals surface area contributed by atoms with Gasteiger partial charge in [0.25, 0.3) is 0 Å². The highest BCUT2D eigenvalue weighted by Crippen LogP contribution is 2.22. The van der Waals surface area contributed by atoms with Gasteiger partial charge in [-0.25, -0.2) is 8.42 Å². The molecule has 1 heterocycles. The molecule has 0 saturated heterocycles. The van der Waals surface area contributed by atoms with Gasteiger partial charge >= 0.3 is 5.97 Å². The van der Waals surface area contributed by atoms with E-state index in [0.29, 0.717) is 16.7 Å². The average molecular weight is 348 g/mol. The van der Waals surface area contributed by atoms with Crippen LogP contribution in [0.1, 0.15) is 22.3 Å². The molecule has 0 spiro atoms. The highest BCUT2D eigenvalue weighted by atomic mass is 32.2. The highest BCUT2D eigenvalue weighted by Gasteiger charge is 2.28. The molecule has 0 aliphatic carbocycles. The van der Waals surface area contributed by atoms with Gasteiger partial charge in [-0.1, -0.05) is 17.7 Å². The first-order valence-electron chi connectivity index (χ1n) is 7.42. The van der Waals surface area contributed by atoms with Crippen molar-refractivity contribution >= 4 is 16.0 Å². The number of nitrogens with zero attached hydrogens (tertiary/aromatic N) is 1. The van der Waals surface area contributed by atoms with Crippen LogP contribution in [0.2, 0.25) is 0 Å². The molecule has 0 saturated carbocycles. The van der Waals surface area contributed by atoms with Crippen LogP contribution in [0, 0.1) is 20.8 Å². The van der Waals surface area contributed by atoms with Gasteiger partial charge in [-0.3, -0.25) is 9.78 Å². The van der Waals surface area contributed by atoms with Gasteiger partial charge in [0.05, 0.1) is 4.90 Å². The molecule has 1 unspecified atom stereocenters. The van der Waals surface area contributed by atoms with Crippen LogP contribution in [0.15, 0.2) is 41.6 Å². The third-order valence-electron chi connectivity index (χ3n) is 3.66. The van der Waals surface area contributed by atoms with Gasteiger partial charge in [0.15, 0.2) is 0 Å². The quantitative estimate of drug-likeness (QED) is 0.832. The number of benzene rings is 1. The predicted octanol–water partition coefficient (Wildman–Crippen LogP) is 1.98. The van der Waals surface area contributed by atoms with Crippen molar-refractivity contribution in [3.05, 3.63) is 58.9 Å². The minimum absolute atomic E-state index is 0.0427. The predicted molar refractivity (Wildman–Crippen MR) is 90.3 cm³/mol. The zero-order chi connectivity index (χ0) is 17.9. The second kappa shape index (κ2) is 7.11. The summed E-state index contributed by atoms with van der Waals surface area (Å²) in [5.41, 5.74) is 2.83. The summed E-state index contributed by atoms with van der Waals surface area (Å²) in [6, 6.07) is 5.59. The largest absolute Gasteiger partial charge is 0.480 e. The lowest BCUT2D eigenvalue weighted by Gasteiger charge is -2.18. The number of carboxylic acids is 1. The Hall–Kier alpha value is -2.25. The lowest BCUT2D eigenvalue weighted by molar-refractivity contribution is -0.138. The molecule has 1 aromatic carbocycles. The van der Waals surface area contributed by atoms with E-state index in [-0.39, 0.29) is 11.3 Å². The molecule has 128 valence electrons. The molecule has 0 amide bonds. The lowest BCUT2D eigenvalue weighted by atomic mass is 10.1. The number of hydrogen-bond donors (Lipinski definition) is 2. The Kier molecular flexibility index (Phi) is 5.36. The summed E-state index contributed by atoms with van der Waals surface area (Å²) in [7, 11) is -3.95. The molecule has 24 heavy (non-hydrogen) atoms. The van der Waals surface area contributed by atoms with E-state index in [1.807, 2.05) is 6.92 Å². The molecular formula is C17H20N2O4S. The van der Waals surface area contributed by atoms with E-state index in [4.69, 9.17) is 0 Å². The first-order chi connectivity index (χ1) is 11.2. The van der Waals surface area contributed by atoms with Gasteiger partial charge in [0.1, 0.15) is 6.04 Å². The third kappa shape index (κ3) is 4.18. The standard InChI is InChI=1S/C17H20N2O4S/c1-11-8-12(2)16(13(3)9-11)24(22,23)19-15(17(20)21)10-14-4-6-18-7-5-14/h4-9,15,19H,10H2,1-3H3,(H,20,21). The van der Waals surface area contributed by atoms with Crippen LogP contribution >= 0.6 is 0 Å². The summed E-state index contributed by atoms with van der Waals surface area (Å²) in [6.07, 6.45) is 3.12. The molecule has 0 aliphatic rings. The van der Waals surface area contributed by atoms with Crippen LogP contribution in [0.3, 0.4) is 0 Å². The Balaban J connectivity index is 2.33. The van der Waals surface area contributed by atoms with Gasteiger partial charge in [-0.2, -0.15) is 4.72 Å². The zero-order valence-electron chi connectivity index (χ0n) is 13.8. The van der Waals surface area contributed by atoms with E-state index in [1.54, 1.807) is 38.1 Å². The van der Waals surface area contributed by atoms with Crippen molar-refractivity contribution in [3.63, 3.8) is 0 Å². The summed E-state index contributed by atoms with van der Waals surface area (Å²) in [5.74, 6) is -1.22. The molecule has 2 N–H and O–H groups in total. The second-order valence-corrected chi connectivity index (χ2v) is 7.45. The van der Waals surface area contributed by atoms with Crippen molar-refractivity contribution in [2.45, 2.75) is 38.1 Å². The molecule has 1 aromatic heterocycles. The Bertz CT molecular complexity index is 825. The minimum atomic E-state index is -3.95. The lowest BCUT2D eigenvalue weighted by Crippen LogP contribution is -2.42. The van der Waals surface area contributed by atoms with Gasteiger partial charge in [-0.15, -0.1) is 0 Å². The normalized spacial score (nSPS) is 12.8.